The minimum absolute atomic E-state index is 0.300. The van der Waals surface area contributed by atoms with E-state index in [2.05, 4.69) is 19.2 Å². The molecule has 4 heteroatoms. The maximum atomic E-state index is 6.07. The third-order valence-corrected chi connectivity index (χ3v) is 4.58. The second-order valence-electron chi connectivity index (χ2n) is 6.82. The Bertz CT molecular complexity index is 298. The van der Waals surface area contributed by atoms with Crippen molar-refractivity contribution in [3.8, 4) is 0 Å². The van der Waals surface area contributed by atoms with E-state index < -0.39 is 0 Å². The Morgan fingerprint density at radius 2 is 1.65 bits per heavy atom. The molecule has 1 saturated carbocycles. The topological polar surface area (TPSA) is 39.7 Å². The molecule has 0 bridgehead atoms. The van der Waals surface area contributed by atoms with Crippen LogP contribution in [0.1, 0.15) is 52.4 Å². The van der Waals surface area contributed by atoms with E-state index in [1.165, 1.54) is 19.3 Å². The molecule has 0 aromatic rings. The molecule has 1 N–H and O–H groups in total. The number of hydrogen-bond acceptors (Lipinski definition) is 4. The molecule has 4 unspecified atom stereocenters. The summed E-state index contributed by atoms with van der Waals surface area (Å²) in [6.45, 7) is 6.05. The van der Waals surface area contributed by atoms with Gasteiger partial charge in [-0.1, -0.05) is 0 Å². The quantitative estimate of drug-likeness (QED) is 0.811. The minimum atomic E-state index is 0.300. The number of hydrogen-bond donors (Lipinski definition) is 1. The zero-order valence-electron chi connectivity index (χ0n) is 12.8. The lowest BCUT2D eigenvalue weighted by molar-refractivity contribution is -0.118. The summed E-state index contributed by atoms with van der Waals surface area (Å²) in [5.74, 6) is 0. The maximum absolute atomic E-state index is 6.07. The zero-order valence-corrected chi connectivity index (χ0v) is 12.8. The molecular weight excluding hydrogens is 254 g/mol. The van der Waals surface area contributed by atoms with E-state index in [9.17, 15) is 0 Å². The molecule has 2 saturated heterocycles. The average Bonchev–Trinajstić information content (AvgIpc) is 3.12. The van der Waals surface area contributed by atoms with E-state index in [4.69, 9.17) is 14.2 Å². The van der Waals surface area contributed by atoms with Crippen LogP contribution in [0.25, 0.3) is 0 Å². The molecule has 2 aliphatic heterocycles. The van der Waals surface area contributed by atoms with Gasteiger partial charge in [0.2, 0.25) is 0 Å². The molecule has 3 rings (SSSR count). The number of nitrogens with one attached hydrogen (secondary N) is 1. The standard InChI is InChI=1S/C16H29NO3/c1-11-7-16(8-12(2)19-11)18-10-15-6-5-14(20-15)9-17-13-3-4-13/h11-17H,3-10H2,1-2H3. The molecule has 2 heterocycles. The fraction of sp³-hybridized carbons (Fsp3) is 1.00. The van der Waals surface area contributed by atoms with Crippen LogP contribution in [0, 0.1) is 0 Å². The normalized spacial score (nSPS) is 42.0. The smallest absolute Gasteiger partial charge is 0.0814 e. The van der Waals surface area contributed by atoms with Gasteiger partial charge >= 0.3 is 0 Å². The third-order valence-electron chi connectivity index (χ3n) is 4.58. The molecular formula is C16H29NO3. The Balaban J connectivity index is 1.32. The van der Waals surface area contributed by atoms with E-state index in [0.29, 0.717) is 30.5 Å². The summed E-state index contributed by atoms with van der Waals surface area (Å²) in [6.07, 6.45) is 8.74. The van der Waals surface area contributed by atoms with Crippen LogP contribution in [0.3, 0.4) is 0 Å². The molecule has 0 aromatic carbocycles. The molecule has 0 amide bonds. The highest BCUT2D eigenvalue weighted by atomic mass is 16.6. The first-order valence-electron chi connectivity index (χ1n) is 8.35. The first-order chi connectivity index (χ1) is 9.69. The molecule has 0 aromatic heterocycles. The Kier molecular flexibility index (Phi) is 4.97. The molecule has 0 radical (unpaired) electrons. The second kappa shape index (κ2) is 6.73. The van der Waals surface area contributed by atoms with Crippen LogP contribution < -0.4 is 5.32 Å². The van der Waals surface area contributed by atoms with Gasteiger partial charge in [-0.25, -0.2) is 0 Å². The van der Waals surface area contributed by atoms with Crippen molar-refractivity contribution in [3.05, 3.63) is 0 Å². The highest BCUT2D eigenvalue weighted by Gasteiger charge is 2.30. The van der Waals surface area contributed by atoms with Gasteiger partial charge in [0.05, 0.1) is 37.1 Å². The average molecular weight is 283 g/mol. The lowest BCUT2D eigenvalue weighted by atomic mass is 10.0. The van der Waals surface area contributed by atoms with Crippen LogP contribution in [0.15, 0.2) is 0 Å². The van der Waals surface area contributed by atoms with Gasteiger partial charge < -0.3 is 19.5 Å². The van der Waals surface area contributed by atoms with E-state index >= 15 is 0 Å². The predicted octanol–water partition coefficient (Wildman–Crippen LogP) is 2.26. The van der Waals surface area contributed by atoms with Crippen LogP contribution in [-0.4, -0.2) is 49.7 Å². The molecule has 1 aliphatic carbocycles. The van der Waals surface area contributed by atoms with E-state index in [1.54, 1.807) is 0 Å². The summed E-state index contributed by atoms with van der Waals surface area (Å²) < 4.78 is 17.9. The van der Waals surface area contributed by atoms with Crippen LogP contribution in [0.5, 0.6) is 0 Å². The highest BCUT2D eigenvalue weighted by molar-refractivity contribution is 4.84. The van der Waals surface area contributed by atoms with E-state index in [0.717, 1.165) is 38.5 Å². The number of ether oxygens (including phenoxy) is 3. The molecule has 4 atom stereocenters. The van der Waals surface area contributed by atoms with E-state index in [-0.39, 0.29) is 0 Å². The van der Waals surface area contributed by atoms with Crippen LogP contribution >= 0.6 is 0 Å². The van der Waals surface area contributed by atoms with Gasteiger partial charge in [-0.05, 0) is 52.4 Å². The lowest BCUT2D eigenvalue weighted by Crippen LogP contribution is -2.35. The van der Waals surface area contributed by atoms with Crippen molar-refractivity contribution < 1.29 is 14.2 Å². The molecule has 20 heavy (non-hydrogen) atoms. The SMILES string of the molecule is CC1CC(OCC2CCC(CNC3CC3)O2)CC(C)O1. The Morgan fingerprint density at radius 3 is 2.35 bits per heavy atom. The van der Waals surface area contributed by atoms with Crippen molar-refractivity contribution in [3.63, 3.8) is 0 Å². The van der Waals surface area contributed by atoms with E-state index in [1.807, 2.05) is 0 Å². The Hall–Kier alpha value is -0.160. The summed E-state index contributed by atoms with van der Waals surface area (Å²) in [5.41, 5.74) is 0. The van der Waals surface area contributed by atoms with Crippen LogP contribution in [0.2, 0.25) is 0 Å². The summed E-state index contributed by atoms with van der Waals surface area (Å²) in [7, 11) is 0. The summed E-state index contributed by atoms with van der Waals surface area (Å²) in [6, 6.07) is 0.777. The molecule has 3 fully saturated rings. The Morgan fingerprint density at radius 1 is 0.950 bits per heavy atom. The predicted molar refractivity (Wildman–Crippen MR) is 77.9 cm³/mol. The van der Waals surface area contributed by atoms with Gasteiger partial charge in [-0.3, -0.25) is 0 Å². The molecule has 116 valence electrons. The van der Waals surface area contributed by atoms with Crippen molar-refractivity contribution >= 4 is 0 Å². The van der Waals surface area contributed by atoms with Crippen molar-refractivity contribution in [1.82, 2.24) is 5.32 Å². The van der Waals surface area contributed by atoms with Gasteiger partial charge in [0.15, 0.2) is 0 Å². The van der Waals surface area contributed by atoms with Crippen molar-refractivity contribution in [1.29, 1.82) is 0 Å². The fourth-order valence-corrected chi connectivity index (χ4v) is 3.36. The van der Waals surface area contributed by atoms with Crippen molar-refractivity contribution in [2.75, 3.05) is 13.2 Å². The van der Waals surface area contributed by atoms with Gasteiger partial charge in [0, 0.05) is 12.6 Å². The highest BCUT2D eigenvalue weighted by Crippen LogP contribution is 2.25. The van der Waals surface area contributed by atoms with Gasteiger partial charge in [-0.15, -0.1) is 0 Å². The number of rotatable bonds is 6. The zero-order chi connectivity index (χ0) is 13.9. The largest absolute Gasteiger partial charge is 0.375 e. The minimum Gasteiger partial charge on any atom is -0.375 e. The first kappa shape index (κ1) is 14.8. The Labute approximate surface area is 122 Å². The van der Waals surface area contributed by atoms with Crippen molar-refractivity contribution in [2.24, 2.45) is 0 Å². The monoisotopic (exact) mass is 283 g/mol. The summed E-state index contributed by atoms with van der Waals surface area (Å²) in [4.78, 5) is 0. The van der Waals surface area contributed by atoms with Gasteiger partial charge in [0.1, 0.15) is 0 Å². The van der Waals surface area contributed by atoms with Crippen LogP contribution in [-0.2, 0) is 14.2 Å². The van der Waals surface area contributed by atoms with Crippen LogP contribution in [0.4, 0.5) is 0 Å². The van der Waals surface area contributed by atoms with Gasteiger partial charge in [0.25, 0.3) is 0 Å². The summed E-state index contributed by atoms with van der Waals surface area (Å²) >= 11 is 0. The fourth-order valence-electron chi connectivity index (χ4n) is 3.36. The second-order valence-corrected chi connectivity index (χ2v) is 6.82. The molecule has 4 nitrogen and oxygen atoms in total. The lowest BCUT2D eigenvalue weighted by Gasteiger charge is -2.32. The van der Waals surface area contributed by atoms with Gasteiger partial charge in [-0.2, -0.15) is 0 Å². The molecule has 3 aliphatic rings. The third kappa shape index (κ3) is 4.42. The summed E-state index contributed by atoms with van der Waals surface area (Å²) in [5, 5.41) is 3.55. The van der Waals surface area contributed by atoms with Crippen molar-refractivity contribution in [2.45, 2.75) is 88.9 Å². The first-order valence-corrected chi connectivity index (χ1v) is 8.35. The molecule has 0 spiro atoms. The maximum Gasteiger partial charge on any atom is 0.0814 e.